The molecule has 0 unspecified atom stereocenters. The molecule has 0 fully saturated rings. The van der Waals surface area contributed by atoms with E-state index in [2.05, 4.69) is 8.62 Å². The number of hydrogen-bond acceptors (Lipinski definition) is 7. The zero-order valence-electron chi connectivity index (χ0n) is 10.7. The molecule has 0 spiro atoms. The summed E-state index contributed by atoms with van der Waals surface area (Å²) in [7, 11) is -14.7. The summed E-state index contributed by atoms with van der Waals surface area (Å²) in [5.41, 5.74) is 4.93. The zero-order valence-corrected chi connectivity index (χ0v) is 13.4. The van der Waals surface area contributed by atoms with E-state index in [1.54, 1.807) is 0 Å². The summed E-state index contributed by atoms with van der Waals surface area (Å²) in [5, 5.41) is 14.9. The van der Waals surface area contributed by atoms with E-state index >= 15 is 0 Å². The first-order chi connectivity index (χ1) is 9.45. The number of nitrogens with two attached hydrogens (primary N) is 1. The molecule has 0 aromatic heterocycles. The summed E-state index contributed by atoms with van der Waals surface area (Å²) in [5.74, 6) is -1.23. The molecule has 0 aromatic rings. The average molecular weight is 389 g/mol. The van der Waals surface area contributed by atoms with Crippen molar-refractivity contribution in [2.75, 3.05) is 13.6 Å². The Hall–Kier alpha value is -0.850. The Morgan fingerprint density at radius 3 is 1.55 bits per heavy atom. The predicted molar refractivity (Wildman–Crippen MR) is 68.3 cm³/mol. The fraction of sp³-hybridized carbons (Fsp3) is 0.500. The van der Waals surface area contributed by atoms with Crippen molar-refractivity contribution in [3.05, 3.63) is 0 Å². The van der Waals surface area contributed by atoms with E-state index in [4.69, 9.17) is 40.7 Å². The highest BCUT2D eigenvalue weighted by Gasteiger charge is 2.38. The van der Waals surface area contributed by atoms with Crippen molar-refractivity contribution in [2.45, 2.75) is 0 Å². The van der Waals surface area contributed by atoms with Crippen molar-refractivity contribution in [3.8, 4) is 0 Å². The maximum absolute atomic E-state index is 10.4. The van der Waals surface area contributed by atoms with Crippen LogP contribution in [-0.4, -0.2) is 60.0 Å². The highest BCUT2D eigenvalue weighted by atomic mass is 31.3. The number of carbonyl (C=O) groups is 1. The van der Waals surface area contributed by atoms with Gasteiger partial charge in [0, 0.05) is 7.05 Å². The topological polar surface area (TPSA) is 261 Å². The monoisotopic (exact) mass is 389 g/mol. The van der Waals surface area contributed by atoms with Crippen molar-refractivity contribution in [1.29, 1.82) is 5.41 Å². The maximum atomic E-state index is 10.4. The van der Waals surface area contributed by atoms with Crippen LogP contribution in [0, 0.1) is 5.41 Å². The minimum Gasteiger partial charge on any atom is -0.480 e. The van der Waals surface area contributed by atoms with Gasteiger partial charge in [0.15, 0.2) is 5.96 Å². The smallest absolute Gasteiger partial charge is 0.480 e. The molecule has 0 rings (SSSR count). The van der Waals surface area contributed by atoms with E-state index in [1.165, 1.54) is 7.05 Å². The summed E-state index contributed by atoms with van der Waals surface area (Å²) >= 11 is 0. The fourth-order valence-electron chi connectivity index (χ4n) is 0.572. The highest BCUT2D eigenvalue weighted by Crippen LogP contribution is 2.64. The number of likely N-dealkylation sites (N-methyl/N-ethyl adjacent to an activating group) is 1. The van der Waals surface area contributed by atoms with Gasteiger partial charge in [0.1, 0.15) is 6.54 Å². The van der Waals surface area contributed by atoms with Crippen molar-refractivity contribution in [1.82, 2.24) is 4.90 Å². The summed E-state index contributed by atoms with van der Waals surface area (Å²) in [6, 6.07) is 0. The van der Waals surface area contributed by atoms with E-state index < -0.39 is 29.4 Å². The fourth-order valence-corrected chi connectivity index (χ4v) is 3.11. The molecule has 0 aliphatic carbocycles. The van der Waals surface area contributed by atoms with E-state index in [0.717, 1.165) is 4.90 Å². The van der Waals surface area contributed by atoms with E-state index in [0.29, 0.717) is 0 Å². The lowest BCUT2D eigenvalue weighted by Crippen LogP contribution is -2.36. The lowest BCUT2D eigenvalue weighted by molar-refractivity contribution is -0.137. The maximum Gasteiger partial charge on any atom is 0.490 e. The quantitative estimate of drug-likeness (QED) is 0.142. The van der Waals surface area contributed by atoms with Crippen molar-refractivity contribution in [3.63, 3.8) is 0 Å². The van der Waals surface area contributed by atoms with E-state index in [9.17, 15) is 18.5 Å². The number of hydrogen-bond donors (Lipinski definition) is 8. The van der Waals surface area contributed by atoms with Crippen LogP contribution in [0.25, 0.3) is 0 Å². The van der Waals surface area contributed by atoms with Gasteiger partial charge in [-0.05, 0) is 0 Å². The Bertz CT molecular complexity index is 508. The van der Waals surface area contributed by atoms with Gasteiger partial charge >= 0.3 is 29.4 Å². The minimum atomic E-state index is -5.46. The predicted octanol–water partition coefficient (Wildman–Crippen LogP) is -1.80. The SMILES string of the molecule is CN(CC(=O)O)C(=N)N.O=P(O)(O)OP(=O)(O)OP(=O)(O)O. The number of aliphatic carboxylic acids is 1. The Morgan fingerprint density at radius 2 is 1.41 bits per heavy atom. The summed E-state index contributed by atoms with van der Waals surface area (Å²) in [6.45, 7) is -0.227. The number of carboxylic acids is 1. The third-order valence-electron chi connectivity index (χ3n) is 1.20. The van der Waals surface area contributed by atoms with E-state index in [-0.39, 0.29) is 12.5 Å². The molecule has 0 aliphatic rings. The second kappa shape index (κ2) is 8.70. The van der Waals surface area contributed by atoms with Crippen molar-refractivity contribution < 1.29 is 56.7 Å². The Kier molecular flexibility index (Phi) is 9.26. The van der Waals surface area contributed by atoms with Crippen molar-refractivity contribution >= 4 is 35.4 Å². The van der Waals surface area contributed by atoms with Crippen molar-refractivity contribution in [2.24, 2.45) is 5.73 Å². The van der Waals surface area contributed by atoms with Gasteiger partial charge in [-0.25, -0.2) is 13.7 Å². The molecule has 0 heterocycles. The van der Waals surface area contributed by atoms with Gasteiger partial charge in [0.25, 0.3) is 0 Å². The molecule has 0 bridgehead atoms. The number of carboxylic acid groups (broad SMARTS) is 1. The molecule has 15 nitrogen and oxygen atoms in total. The van der Waals surface area contributed by atoms with Gasteiger partial charge in [-0.2, -0.15) is 8.62 Å². The van der Waals surface area contributed by atoms with Crippen LogP contribution in [0.2, 0.25) is 0 Å². The molecule has 0 saturated carbocycles. The van der Waals surface area contributed by atoms with Gasteiger partial charge in [-0.3, -0.25) is 10.2 Å². The van der Waals surface area contributed by atoms with Crippen LogP contribution in [0.4, 0.5) is 0 Å². The summed E-state index contributed by atoms with van der Waals surface area (Å²) < 4.78 is 36.4. The summed E-state index contributed by atoms with van der Waals surface area (Å²) in [4.78, 5) is 51.3. The van der Waals surface area contributed by atoms with Gasteiger partial charge in [-0.15, -0.1) is 0 Å². The van der Waals surface area contributed by atoms with Crippen LogP contribution in [0.1, 0.15) is 0 Å². The van der Waals surface area contributed by atoms with Gasteiger partial charge < -0.3 is 40.2 Å². The molecular weight excluding hydrogens is 375 g/mol. The van der Waals surface area contributed by atoms with Crippen LogP contribution < -0.4 is 5.73 Å². The largest absolute Gasteiger partial charge is 0.490 e. The summed E-state index contributed by atoms with van der Waals surface area (Å²) in [6.07, 6.45) is 0. The number of rotatable bonds is 6. The zero-order chi connectivity index (χ0) is 18.4. The molecule has 0 radical (unpaired) electrons. The molecule has 22 heavy (non-hydrogen) atoms. The first kappa shape index (κ1) is 23.4. The molecule has 132 valence electrons. The molecule has 18 heteroatoms. The molecule has 0 aromatic carbocycles. The lowest BCUT2D eigenvalue weighted by atomic mass is 10.6. The molecule has 0 aliphatic heterocycles. The first-order valence-corrected chi connectivity index (χ1v) is 9.14. The van der Waals surface area contributed by atoms with Gasteiger partial charge in [0.05, 0.1) is 0 Å². The third kappa shape index (κ3) is 17.2. The third-order valence-corrected chi connectivity index (χ3v) is 4.56. The van der Waals surface area contributed by atoms with Gasteiger partial charge in [-0.1, -0.05) is 0 Å². The second-order valence-corrected chi connectivity index (χ2v) is 7.45. The lowest BCUT2D eigenvalue weighted by Gasteiger charge is -2.12. The first-order valence-electron chi connectivity index (χ1n) is 4.59. The number of nitrogens with zero attached hydrogens (tertiary/aromatic N) is 1. The number of guanidine groups is 1. The minimum absolute atomic E-state index is 0.227. The normalized spacial score (nSPS) is 12.1. The van der Waals surface area contributed by atoms with E-state index in [1.807, 2.05) is 0 Å². The average Bonchev–Trinajstić information content (AvgIpc) is 2.07. The second-order valence-electron chi connectivity index (χ2n) is 3.25. The van der Waals surface area contributed by atoms with Crippen LogP contribution in [0.5, 0.6) is 0 Å². The standard InChI is InChI=1S/C4H9N3O2.H5O10P3/c1-7(4(5)6)2-3(8)9;1-11(2,3)9-13(7,8)10-12(4,5)6/h2H2,1H3,(H3,5,6)(H,8,9);(H,7,8)(H2,1,2,3)(H2,4,5,6). The van der Waals surface area contributed by atoms with Crippen LogP contribution in [0.15, 0.2) is 0 Å². The molecule has 0 amide bonds. The van der Waals surface area contributed by atoms with Crippen LogP contribution in [0.3, 0.4) is 0 Å². The Labute approximate surface area is 122 Å². The highest BCUT2D eigenvalue weighted by molar-refractivity contribution is 7.66. The Morgan fingerprint density at radius 1 is 1.09 bits per heavy atom. The van der Waals surface area contributed by atoms with Crippen LogP contribution in [-0.2, 0) is 27.1 Å². The molecule has 9 N–H and O–H groups in total. The molecular formula is C4H14N3O12P3. The Balaban J connectivity index is 0. The molecule has 0 atom stereocenters. The molecule has 0 saturated heterocycles. The van der Waals surface area contributed by atoms with Gasteiger partial charge in [0.2, 0.25) is 0 Å². The number of nitrogens with one attached hydrogen (secondary N) is 1. The van der Waals surface area contributed by atoms with Crippen LogP contribution >= 0.6 is 23.5 Å². The number of phosphoric acid groups is 3.